The number of anilines is 2. The number of nitrogens with two attached hydrogens (primary N) is 1. The Kier molecular flexibility index (Phi) is 10.3. The van der Waals surface area contributed by atoms with E-state index in [1.54, 1.807) is 7.11 Å². The van der Waals surface area contributed by atoms with Crippen LogP contribution in [0.1, 0.15) is 38.2 Å². The maximum atomic E-state index is 12.8. The summed E-state index contributed by atoms with van der Waals surface area (Å²) in [4.78, 5) is 21.8. The fourth-order valence-corrected chi connectivity index (χ4v) is 4.65. The molecular weight excluding hydrogens is 440 g/mol. The van der Waals surface area contributed by atoms with Gasteiger partial charge in [0.25, 0.3) is 0 Å². The number of hydrazone groups is 1. The van der Waals surface area contributed by atoms with Crippen LogP contribution in [0.15, 0.2) is 53.8 Å². The largest absolute Gasteiger partial charge is 0.385 e. The minimum atomic E-state index is -0.0863. The highest BCUT2D eigenvalue weighted by Crippen LogP contribution is 2.26. The Morgan fingerprint density at radius 3 is 2.63 bits per heavy atom. The molecular formula is C27H40N6O2. The monoisotopic (exact) mass is 480 g/mol. The van der Waals surface area contributed by atoms with E-state index >= 15 is 0 Å². The summed E-state index contributed by atoms with van der Waals surface area (Å²) in [6.07, 6.45) is 5.42. The van der Waals surface area contributed by atoms with Gasteiger partial charge >= 0.3 is 0 Å². The third kappa shape index (κ3) is 7.42. The quantitative estimate of drug-likeness (QED) is 0.221. The van der Waals surface area contributed by atoms with Gasteiger partial charge in [0, 0.05) is 51.2 Å². The molecule has 0 radical (unpaired) electrons. The average Bonchev–Trinajstić information content (AvgIpc) is 2.90. The van der Waals surface area contributed by atoms with Gasteiger partial charge in [-0.1, -0.05) is 31.2 Å². The van der Waals surface area contributed by atoms with Gasteiger partial charge in [0.1, 0.15) is 11.7 Å². The van der Waals surface area contributed by atoms with Gasteiger partial charge in [0.15, 0.2) is 0 Å². The fraction of sp³-hybridized carbons (Fsp3) is 0.519. The van der Waals surface area contributed by atoms with Crippen LogP contribution in [0.3, 0.4) is 0 Å². The smallest absolute Gasteiger partial charge is 0.223 e. The summed E-state index contributed by atoms with van der Waals surface area (Å²) in [7, 11) is 1.66. The van der Waals surface area contributed by atoms with Crippen molar-refractivity contribution in [2.75, 3.05) is 49.7 Å². The topological polar surface area (TPSA) is 96.1 Å². The zero-order valence-corrected chi connectivity index (χ0v) is 21.3. The predicted octanol–water partition coefficient (Wildman–Crippen LogP) is 3.56. The lowest BCUT2D eigenvalue weighted by Gasteiger charge is -2.37. The van der Waals surface area contributed by atoms with Crippen LogP contribution in [0.5, 0.6) is 0 Å². The number of aryl methyl sites for hydroxylation is 1. The maximum Gasteiger partial charge on any atom is 0.223 e. The number of methoxy groups -OCH3 is 1. The molecule has 1 aromatic heterocycles. The lowest BCUT2D eigenvalue weighted by Crippen LogP contribution is -2.46. The van der Waals surface area contributed by atoms with E-state index < -0.39 is 0 Å². The Morgan fingerprint density at radius 2 is 2.00 bits per heavy atom. The predicted molar refractivity (Wildman–Crippen MR) is 143 cm³/mol. The molecule has 1 aliphatic rings. The lowest BCUT2D eigenvalue weighted by molar-refractivity contribution is -0.125. The van der Waals surface area contributed by atoms with E-state index in [9.17, 15) is 4.79 Å². The van der Waals surface area contributed by atoms with Crippen LogP contribution in [0.2, 0.25) is 0 Å². The second-order valence-corrected chi connectivity index (χ2v) is 9.17. The molecule has 1 atom stereocenters. The molecule has 0 aliphatic carbocycles. The van der Waals surface area contributed by atoms with E-state index in [-0.39, 0.29) is 11.8 Å². The second kappa shape index (κ2) is 13.7. The van der Waals surface area contributed by atoms with Crippen molar-refractivity contribution in [1.29, 1.82) is 0 Å². The molecule has 0 spiro atoms. The zero-order valence-electron chi connectivity index (χ0n) is 21.3. The van der Waals surface area contributed by atoms with E-state index in [1.165, 1.54) is 0 Å². The molecule has 1 aliphatic heterocycles. The standard InChI is InChI=1S/C27H40N6O2/c1-4-23(14-18-35-3)27(34)30-19-26(31-28)33(24-10-6-5-9-21(24)2)20-22-12-16-32(17-13-22)25-11-7-8-15-29-25/h5-11,15,22-23H,4,12-14,16-20,28H2,1-3H3,(H,30,34)/b31-26-. The summed E-state index contributed by atoms with van der Waals surface area (Å²) in [6, 6.07) is 14.3. The molecule has 1 saturated heterocycles. The molecule has 0 saturated carbocycles. The third-order valence-electron chi connectivity index (χ3n) is 6.85. The number of hydrogen-bond donors (Lipinski definition) is 2. The minimum Gasteiger partial charge on any atom is -0.385 e. The Hall–Kier alpha value is -3.13. The van der Waals surface area contributed by atoms with Crippen molar-refractivity contribution < 1.29 is 9.53 Å². The first-order chi connectivity index (χ1) is 17.1. The van der Waals surface area contributed by atoms with E-state index in [4.69, 9.17) is 10.6 Å². The summed E-state index contributed by atoms with van der Waals surface area (Å²) in [5.74, 6) is 8.01. The molecule has 0 bridgehead atoms. The molecule has 1 aromatic carbocycles. The fourth-order valence-electron chi connectivity index (χ4n) is 4.65. The van der Waals surface area contributed by atoms with Crippen molar-refractivity contribution in [3.05, 3.63) is 54.2 Å². The summed E-state index contributed by atoms with van der Waals surface area (Å²) in [5.41, 5.74) is 2.22. The van der Waals surface area contributed by atoms with E-state index in [0.717, 1.165) is 56.0 Å². The number of amidine groups is 1. The van der Waals surface area contributed by atoms with Crippen LogP contribution in [0.4, 0.5) is 11.5 Å². The second-order valence-electron chi connectivity index (χ2n) is 9.17. The number of benzene rings is 1. The molecule has 3 rings (SSSR count). The summed E-state index contributed by atoms with van der Waals surface area (Å²) < 4.78 is 5.16. The lowest BCUT2D eigenvalue weighted by atomic mass is 9.95. The molecule has 8 heteroatoms. The van der Waals surface area contributed by atoms with E-state index in [2.05, 4.69) is 50.3 Å². The first-order valence-corrected chi connectivity index (χ1v) is 12.6. The van der Waals surface area contributed by atoms with Gasteiger partial charge in [0.05, 0.1) is 6.54 Å². The average molecular weight is 481 g/mol. The number of hydrogen-bond acceptors (Lipinski definition) is 6. The number of nitrogens with one attached hydrogen (secondary N) is 1. The number of piperidine rings is 1. The molecule has 1 fully saturated rings. The first kappa shape index (κ1) is 26.5. The Morgan fingerprint density at radius 1 is 1.26 bits per heavy atom. The normalized spacial score (nSPS) is 15.6. The SMILES string of the molecule is CCC(CCOC)C(=O)NC/C(=N/N)N(CC1CCN(c2ccccn2)CC1)c1ccccc1C. The van der Waals surface area contributed by atoms with Gasteiger partial charge in [0.2, 0.25) is 5.91 Å². The molecule has 3 N–H and O–H groups in total. The van der Waals surface area contributed by atoms with Crippen LogP contribution in [-0.4, -0.2) is 56.6 Å². The van der Waals surface area contributed by atoms with E-state index in [1.807, 2.05) is 37.4 Å². The highest BCUT2D eigenvalue weighted by molar-refractivity contribution is 6.01. The van der Waals surface area contributed by atoms with Crippen molar-refractivity contribution in [3.8, 4) is 0 Å². The van der Waals surface area contributed by atoms with E-state index in [0.29, 0.717) is 31.3 Å². The number of para-hydroxylation sites is 1. The van der Waals surface area contributed by atoms with Gasteiger partial charge in [-0.05, 0) is 62.3 Å². The minimum absolute atomic E-state index is 0.0131. The molecule has 1 unspecified atom stereocenters. The zero-order chi connectivity index (χ0) is 25.0. The van der Waals surface area contributed by atoms with Crippen LogP contribution < -0.4 is 21.0 Å². The number of carbonyl (C=O) groups is 1. The number of aromatic nitrogens is 1. The number of nitrogens with zero attached hydrogens (tertiary/aromatic N) is 4. The molecule has 8 nitrogen and oxygen atoms in total. The molecule has 1 amide bonds. The molecule has 190 valence electrons. The van der Waals surface area contributed by atoms with Crippen molar-refractivity contribution >= 4 is 23.2 Å². The van der Waals surface area contributed by atoms with Crippen LogP contribution in [0.25, 0.3) is 0 Å². The number of amides is 1. The Labute approximate surface area is 209 Å². The highest BCUT2D eigenvalue weighted by atomic mass is 16.5. The summed E-state index contributed by atoms with van der Waals surface area (Å²) in [6.45, 7) is 7.70. The van der Waals surface area contributed by atoms with Crippen molar-refractivity contribution in [2.24, 2.45) is 22.8 Å². The number of carbonyl (C=O) groups excluding carboxylic acids is 1. The highest BCUT2D eigenvalue weighted by Gasteiger charge is 2.26. The third-order valence-corrected chi connectivity index (χ3v) is 6.85. The van der Waals surface area contributed by atoms with Crippen molar-refractivity contribution in [2.45, 2.75) is 39.5 Å². The number of pyridine rings is 1. The molecule has 35 heavy (non-hydrogen) atoms. The van der Waals surface area contributed by atoms with Gasteiger partial charge < -0.3 is 25.7 Å². The summed E-state index contributed by atoms with van der Waals surface area (Å²) >= 11 is 0. The van der Waals surface area contributed by atoms with Crippen molar-refractivity contribution in [3.63, 3.8) is 0 Å². The Bertz CT molecular complexity index is 944. The van der Waals surface area contributed by atoms with Crippen LogP contribution in [0, 0.1) is 18.8 Å². The maximum absolute atomic E-state index is 12.8. The number of ether oxygens (including phenoxy) is 1. The Balaban J connectivity index is 1.69. The van der Waals surface area contributed by atoms with Crippen LogP contribution in [-0.2, 0) is 9.53 Å². The number of rotatable bonds is 11. The van der Waals surface area contributed by atoms with Gasteiger partial charge in [-0.25, -0.2) is 4.98 Å². The van der Waals surface area contributed by atoms with Crippen LogP contribution >= 0.6 is 0 Å². The van der Waals surface area contributed by atoms with Gasteiger partial charge in [-0.15, -0.1) is 0 Å². The van der Waals surface area contributed by atoms with Gasteiger partial charge in [-0.3, -0.25) is 4.79 Å². The van der Waals surface area contributed by atoms with Crippen molar-refractivity contribution in [1.82, 2.24) is 10.3 Å². The first-order valence-electron chi connectivity index (χ1n) is 12.6. The molecule has 2 heterocycles. The van der Waals surface area contributed by atoms with Gasteiger partial charge in [-0.2, -0.15) is 5.10 Å². The summed E-state index contributed by atoms with van der Waals surface area (Å²) in [5, 5.41) is 7.20. The molecule has 2 aromatic rings.